The van der Waals surface area contributed by atoms with Gasteiger partial charge in [0.1, 0.15) is 11.2 Å². The number of hydrogen-bond donors (Lipinski definition) is 0. The van der Waals surface area contributed by atoms with E-state index in [4.69, 9.17) is 4.42 Å². The van der Waals surface area contributed by atoms with Crippen molar-refractivity contribution in [2.45, 2.75) is 0 Å². The summed E-state index contributed by atoms with van der Waals surface area (Å²) in [6, 6.07) is 103. The van der Waals surface area contributed by atoms with Crippen LogP contribution in [0.3, 0.4) is 0 Å². The third kappa shape index (κ3) is 7.30. The van der Waals surface area contributed by atoms with Crippen LogP contribution in [0.15, 0.2) is 290 Å². The van der Waals surface area contributed by atoms with Crippen molar-refractivity contribution in [3.05, 3.63) is 285 Å². The molecule has 0 saturated carbocycles. The first-order valence-corrected chi connectivity index (χ1v) is 26.0. The topological polar surface area (TPSA) is 26.2 Å². The van der Waals surface area contributed by atoms with Crippen LogP contribution in [0, 0.1) is 0 Å². The maximum absolute atomic E-state index is 6.16. The van der Waals surface area contributed by atoms with Gasteiger partial charge in [0, 0.05) is 60.8 Å². The first kappa shape index (κ1) is 43.4. The Kier molecular flexibility index (Phi) is 10.2. The summed E-state index contributed by atoms with van der Waals surface area (Å²) in [7, 11) is 0. The second-order valence-electron chi connectivity index (χ2n) is 19.7. The number of fused-ring (bicyclic) bond motifs is 9. The van der Waals surface area contributed by atoms with Crippen LogP contribution in [0.25, 0.3) is 121 Å². The van der Waals surface area contributed by atoms with Gasteiger partial charge >= 0.3 is 0 Å². The summed E-state index contributed by atoms with van der Waals surface area (Å²) in [5.74, 6) is 0. The lowest BCUT2D eigenvalue weighted by molar-refractivity contribution is 0.669. The van der Waals surface area contributed by atoms with Crippen molar-refractivity contribution in [2.75, 3.05) is 4.90 Å². The maximum atomic E-state index is 6.16. The van der Waals surface area contributed by atoms with Gasteiger partial charge in [0.2, 0.25) is 0 Å². The highest BCUT2D eigenvalue weighted by Gasteiger charge is 2.18. The molecule has 0 N–H and O–H groups in total. The van der Waals surface area contributed by atoms with Crippen LogP contribution in [-0.4, -0.2) is 9.13 Å². The molecule has 0 atom stereocenters. The highest BCUT2D eigenvalue weighted by atomic mass is 16.3. The highest BCUT2D eigenvalue weighted by molar-refractivity contribution is 6.11. The first-order chi connectivity index (χ1) is 37.7. The highest BCUT2D eigenvalue weighted by Crippen LogP contribution is 2.41. The fraction of sp³-hybridized carbons (Fsp3) is 0. The average Bonchev–Trinajstić information content (AvgIpc) is 4.20. The standard InChI is InChI=1S/C72H47N3O/c1-6-25-67-61(20-1)62-21-2-7-26-68(62)74(67)59-18-12-16-53(45-59)49-32-39-57(40-33-49)73(56-37-30-48(31-38-56)51-14-11-15-52(44-51)55-36-43-72-66(47-55)65-24-5-10-29-71(65)76-72)58-41-34-50(35-42-58)54-17-13-19-60(46-54)75-69-27-8-3-22-63(69)64-23-4-9-28-70(64)75/h1-47H. The minimum atomic E-state index is 0.903. The van der Waals surface area contributed by atoms with Crippen molar-refractivity contribution < 1.29 is 4.42 Å². The van der Waals surface area contributed by atoms with Crippen molar-refractivity contribution in [3.8, 4) is 55.9 Å². The number of anilines is 3. The molecule has 0 amide bonds. The molecule has 0 radical (unpaired) electrons. The third-order valence-corrected chi connectivity index (χ3v) is 15.3. The molecule has 0 aliphatic rings. The molecule has 3 heterocycles. The fourth-order valence-electron chi connectivity index (χ4n) is 11.7. The van der Waals surface area contributed by atoms with Crippen molar-refractivity contribution in [1.29, 1.82) is 0 Å². The van der Waals surface area contributed by atoms with Gasteiger partial charge in [-0.25, -0.2) is 0 Å². The Hall–Kier alpha value is -10.2. The molecular formula is C72H47N3O. The normalized spacial score (nSPS) is 11.7. The van der Waals surface area contributed by atoms with E-state index in [2.05, 4.69) is 287 Å². The van der Waals surface area contributed by atoms with E-state index < -0.39 is 0 Å². The van der Waals surface area contributed by atoms with Gasteiger partial charge in [-0.3, -0.25) is 0 Å². The molecular weight excluding hydrogens is 923 g/mol. The molecule has 0 unspecified atom stereocenters. The average molecular weight is 970 g/mol. The number of furan rings is 1. The van der Waals surface area contributed by atoms with Gasteiger partial charge in [-0.1, -0.05) is 176 Å². The molecule has 15 rings (SSSR count). The maximum Gasteiger partial charge on any atom is 0.135 e. The quantitative estimate of drug-likeness (QED) is 0.144. The van der Waals surface area contributed by atoms with E-state index in [0.29, 0.717) is 0 Å². The van der Waals surface area contributed by atoms with Crippen molar-refractivity contribution in [2.24, 2.45) is 0 Å². The zero-order valence-corrected chi connectivity index (χ0v) is 41.4. The third-order valence-electron chi connectivity index (χ3n) is 15.3. The van der Waals surface area contributed by atoms with Gasteiger partial charge in [-0.2, -0.15) is 0 Å². The van der Waals surface area contributed by atoms with E-state index in [1.807, 2.05) is 12.1 Å². The SMILES string of the molecule is c1cc(-c2ccc(N(c3ccc(-c4cccc(-n5c6ccccc6c6ccccc65)c4)cc3)c3ccc(-c4cccc(-n5c6ccccc6c6ccccc65)c4)cc3)cc2)cc(-c2ccc3oc4ccccc4c3c2)c1. The largest absolute Gasteiger partial charge is 0.456 e. The number of rotatable bonds is 9. The van der Waals surface area contributed by atoms with Gasteiger partial charge in [0.05, 0.1) is 22.1 Å². The van der Waals surface area contributed by atoms with Gasteiger partial charge in [0.25, 0.3) is 0 Å². The summed E-state index contributed by atoms with van der Waals surface area (Å²) >= 11 is 0. The second kappa shape index (κ2) is 17.8. The van der Waals surface area contributed by atoms with Crippen LogP contribution in [-0.2, 0) is 0 Å². The fourth-order valence-corrected chi connectivity index (χ4v) is 11.7. The zero-order valence-electron chi connectivity index (χ0n) is 41.4. The summed E-state index contributed by atoms with van der Waals surface area (Å²) in [5.41, 5.74) is 21.4. The molecule has 0 fully saturated rings. The molecule has 12 aromatic carbocycles. The molecule has 3 aromatic heterocycles. The van der Waals surface area contributed by atoms with Crippen LogP contribution in [0.5, 0.6) is 0 Å². The lowest BCUT2D eigenvalue weighted by Gasteiger charge is -2.26. The van der Waals surface area contributed by atoms with Gasteiger partial charge in [-0.15, -0.1) is 0 Å². The summed E-state index contributed by atoms with van der Waals surface area (Å²) in [4.78, 5) is 2.36. The van der Waals surface area contributed by atoms with E-state index in [1.54, 1.807) is 0 Å². The van der Waals surface area contributed by atoms with E-state index in [9.17, 15) is 0 Å². The van der Waals surface area contributed by atoms with Crippen molar-refractivity contribution in [3.63, 3.8) is 0 Å². The Balaban J connectivity index is 0.787. The van der Waals surface area contributed by atoms with Gasteiger partial charge in [-0.05, 0) is 154 Å². The summed E-state index contributed by atoms with van der Waals surface area (Å²) in [5, 5.41) is 7.29. The predicted octanol–water partition coefficient (Wildman–Crippen LogP) is 19.9. The lowest BCUT2D eigenvalue weighted by atomic mass is 9.97. The van der Waals surface area contributed by atoms with Crippen LogP contribution in [0.2, 0.25) is 0 Å². The van der Waals surface area contributed by atoms with Crippen LogP contribution < -0.4 is 4.90 Å². The number of hydrogen-bond acceptors (Lipinski definition) is 2. The monoisotopic (exact) mass is 969 g/mol. The molecule has 76 heavy (non-hydrogen) atoms. The van der Waals surface area contributed by atoms with Crippen LogP contribution in [0.4, 0.5) is 17.1 Å². The van der Waals surface area contributed by atoms with E-state index in [0.717, 1.165) is 94.9 Å². The van der Waals surface area contributed by atoms with Gasteiger partial charge < -0.3 is 18.5 Å². The minimum absolute atomic E-state index is 0.903. The Morgan fingerprint density at radius 2 is 0.553 bits per heavy atom. The predicted molar refractivity (Wildman–Crippen MR) is 319 cm³/mol. The van der Waals surface area contributed by atoms with Crippen LogP contribution in [0.1, 0.15) is 0 Å². The molecule has 0 spiro atoms. The van der Waals surface area contributed by atoms with Gasteiger partial charge in [0.15, 0.2) is 0 Å². The molecule has 356 valence electrons. The number of nitrogens with zero attached hydrogens (tertiary/aromatic N) is 3. The minimum Gasteiger partial charge on any atom is -0.456 e. The Morgan fingerprint density at radius 3 is 1.00 bits per heavy atom. The number of aromatic nitrogens is 2. The second-order valence-corrected chi connectivity index (χ2v) is 19.7. The van der Waals surface area contributed by atoms with Crippen molar-refractivity contribution >= 4 is 82.6 Å². The Bertz CT molecular complexity index is 4380. The van der Waals surface area contributed by atoms with Crippen LogP contribution >= 0.6 is 0 Å². The van der Waals surface area contributed by atoms with E-state index in [1.165, 1.54) is 43.6 Å². The Morgan fingerprint density at radius 1 is 0.224 bits per heavy atom. The smallest absolute Gasteiger partial charge is 0.135 e. The molecule has 0 saturated heterocycles. The molecule has 4 heteroatoms. The molecule has 0 aliphatic carbocycles. The first-order valence-electron chi connectivity index (χ1n) is 26.0. The number of benzene rings is 12. The van der Waals surface area contributed by atoms with E-state index in [-0.39, 0.29) is 0 Å². The van der Waals surface area contributed by atoms with E-state index >= 15 is 0 Å². The molecule has 15 aromatic rings. The molecule has 0 bridgehead atoms. The zero-order chi connectivity index (χ0) is 50.1. The molecule has 0 aliphatic heterocycles. The lowest BCUT2D eigenvalue weighted by Crippen LogP contribution is -2.09. The van der Waals surface area contributed by atoms with Crippen molar-refractivity contribution in [1.82, 2.24) is 9.13 Å². The number of para-hydroxylation sites is 5. The molecule has 4 nitrogen and oxygen atoms in total. The summed E-state index contributed by atoms with van der Waals surface area (Å²) in [6.45, 7) is 0. The summed E-state index contributed by atoms with van der Waals surface area (Å²) < 4.78 is 10.9. The summed E-state index contributed by atoms with van der Waals surface area (Å²) in [6.07, 6.45) is 0. The Labute approximate surface area is 439 Å².